The molecule has 1 heterocycles. The van der Waals surface area contributed by atoms with Gasteiger partial charge in [-0.15, -0.1) is 0 Å². The number of carbonyl (C=O) groups excluding carboxylic acids is 1. The summed E-state index contributed by atoms with van der Waals surface area (Å²) in [5.74, 6) is 0.756. The summed E-state index contributed by atoms with van der Waals surface area (Å²) in [5.41, 5.74) is 3.51. The van der Waals surface area contributed by atoms with Crippen molar-refractivity contribution >= 4 is 21.8 Å². The average Bonchev–Trinajstić information content (AvgIpc) is 3.08. The monoisotopic (exact) mass is 427 g/mol. The number of carbonyl (C=O) groups is 1. The predicted molar refractivity (Wildman–Crippen MR) is 110 cm³/mol. The molecule has 0 aliphatic rings. The molecular weight excluding hydrogens is 406 g/mol. The third kappa shape index (κ3) is 4.39. The van der Waals surface area contributed by atoms with Crippen LogP contribution in [0.15, 0.2) is 59.1 Å². The van der Waals surface area contributed by atoms with E-state index >= 15 is 0 Å². The normalized spacial score (nSPS) is 10.7. The van der Waals surface area contributed by atoms with E-state index in [0.29, 0.717) is 12.2 Å². The van der Waals surface area contributed by atoms with E-state index in [2.05, 4.69) is 21.0 Å². The second-order valence-electron chi connectivity index (χ2n) is 6.35. The number of nitrogens with zero attached hydrogens (tertiary/aromatic N) is 3. The first-order valence-corrected chi connectivity index (χ1v) is 9.46. The van der Waals surface area contributed by atoms with Gasteiger partial charge in [0.05, 0.1) is 17.3 Å². The van der Waals surface area contributed by atoms with Gasteiger partial charge in [-0.3, -0.25) is 9.48 Å². The highest BCUT2D eigenvalue weighted by atomic mass is 79.9. The Morgan fingerprint density at radius 1 is 1.19 bits per heavy atom. The van der Waals surface area contributed by atoms with Gasteiger partial charge in [-0.25, -0.2) is 0 Å². The molecule has 0 unspecified atom stereocenters. The summed E-state index contributed by atoms with van der Waals surface area (Å²) in [5, 5.41) is 4.48. The molecule has 0 saturated carbocycles. The molecule has 0 N–H and O–H groups in total. The van der Waals surface area contributed by atoms with E-state index in [0.717, 1.165) is 33.5 Å². The van der Waals surface area contributed by atoms with Gasteiger partial charge in [0.1, 0.15) is 11.4 Å². The summed E-state index contributed by atoms with van der Waals surface area (Å²) in [6, 6.07) is 17.7. The smallest absolute Gasteiger partial charge is 0.271 e. The average molecular weight is 428 g/mol. The topological polar surface area (TPSA) is 47.4 Å². The van der Waals surface area contributed by atoms with Crippen molar-refractivity contribution in [2.45, 2.75) is 6.42 Å². The van der Waals surface area contributed by atoms with Crippen LogP contribution in [-0.4, -0.2) is 41.3 Å². The van der Waals surface area contributed by atoms with Gasteiger partial charge in [-0.1, -0.05) is 36.4 Å². The van der Waals surface area contributed by atoms with Crippen molar-refractivity contribution in [1.82, 2.24) is 14.7 Å². The second kappa shape index (κ2) is 8.39. The SMILES string of the molecule is COc1ccc(CCN(C)C(=O)c2cc(-c3ccccc3)nn2C)cc1Br. The Labute approximate surface area is 167 Å². The maximum absolute atomic E-state index is 12.8. The molecule has 1 amide bonds. The number of methoxy groups -OCH3 is 1. The molecule has 0 aliphatic heterocycles. The molecule has 2 aromatic carbocycles. The van der Waals surface area contributed by atoms with Crippen molar-refractivity contribution in [3.05, 3.63) is 70.3 Å². The van der Waals surface area contributed by atoms with Crippen LogP contribution in [0.5, 0.6) is 5.75 Å². The fourth-order valence-electron chi connectivity index (χ4n) is 2.88. The summed E-state index contributed by atoms with van der Waals surface area (Å²) in [6.07, 6.45) is 0.758. The van der Waals surface area contributed by atoms with Crippen LogP contribution in [-0.2, 0) is 13.5 Å². The highest BCUT2D eigenvalue weighted by Crippen LogP contribution is 2.26. The van der Waals surface area contributed by atoms with Crippen molar-refractivity contribution in [2.75, 3.05) is 20.7 Å². The van der Waals surface area contributed by atoms with Gasteiger partial charge >= 0.3 is 0 Å². The maximum atomic E-state index is 12.8. The number of likely N-dealkylation sites (N-methyl/N-ethyl adjacent to an activating group) is 1. The van der Waals surface area contributed by atoms with E-state index in [1.54, 1.807) is 23.7 Å². The first-order chi connectivity index (χ1) is 13.0. The van der Waals surface area contributed by atoms with Crippen LogP contribution >= 0.6 is 15.9 Å². The van der Waals surface area contributed by atoms with Gasteiger partial charge in [0.15, 0.2) is 0 Å². The number of amides is 1. The Bertz CT molecular complexity index is 938. The third-order valence-corrected chi connectivity index (χ3v) is 5.09. The quantitative estimate of drug-likeness (QED) is 0.592. The minimum Gasteiger partial charge on any atom is -0.496 e. The molecule has 0 radical (unpaired) electrons. The van der Waals surface area contributed by atoms with Gasteiger partial charge < -0.3 is 9.64 Å². The lowest BCUT2D eigenvalue weighted by Crippen LogP contribution is -2.30. The molecule has 0 fully saturated rings. The molecule has 0 atom stereocenters. The zero-order chi connectivity index (χ0) is 19.4. The van der Waals surface area contributed by atoms with E-state index < -0.39 is 0 Å². The zero-order valence-corrected chi connectivity index (χ0v) is 17.2. The summed E-state index contributed by atoms with van der Waals surface area (Å²) in [6.45, 7) is 0.615. The van der Waals surface area contributed by atoms with Gasteiger partial charge in [-0.05, 0) is 46.1 Å². The molecule has 140 valence electrons. The molecule has 0 saturated heterocycles. The molecule has 1 aromatic heterocycles. The lowest BCUT2D eigenvalue weighted by Gasteiger charge is -2.17. The summed E-state index contributed by atoms with van der Waals surface area (Å²) >= 11 is 3.50. The molecule has 5 nitrogen and oxygen atoms in total. The first kappa shape index (κ1) is 19.2. The lowest BCUT2D eigenvalue weighted by atomic mass is 10.1. The Kier molecular flexibility index (Phi) is 5.96. The van der Waals surface area contributed by atoms with Gasteiger partial charge in [0.2, 0.25) is 0 Å². The minimum absolute atomic E-state index is 0.0419. The molecule has 0 spiro atoms. The van der Waals surface area contributed by atoms with Crippen LogP contribution in [0.1, 0.15) is 16.1 Å². The number of benzene rings is 2. The van der Waals surface area contributed by atoms with Crippen LogP contribution in [0.2, 0.25) is 0 Å². The van der Waals surface area contributed by atoms with Gasteiger partial charge in [0.25, 0.3) is 5.91 Å². The minimum atomic E-state index is -0.0419. The van der Waals surface area contributed by atoms with Crippen molar-refractivity contribution < 1.29 is 9.53 Å². The van der Waals surface area contributed by atoms with Gasteiger partial charge in [0, 0.05) is 26.2 Å². The third-order valence-electron chi connectivity index (χ3n) is 4.47. The molecule has 3 rings (SSSR count). The number of hydrogen-bond donors (Lipinski definition) is 0. The van der Waals surface area contributed by atoms with Crippen LogP contribution in [0, 0.1) is 0 Å². The number of aryl methyl sites for hydroxylation is 1. The Morgan fingerprint density at radius 2 is 1.93 bits per heavy atom. The van der Waals surface area contributed by atoms with Crippen LogP contribution in [0.25, 0.3) is 11.3 Å². The van der Waals surface area contributed by atoms with Gasteiger partial charge in [-0.2, -0.15) is 5.10 Å². The summed E-state index contributed by atoms with van der Waals surface area (Å²) in [4.78, 5) is 14.6. The van der Waals surface area contributed by atoms with Crippen molar-refractivity contribution in [3.8, 4) is 17.0 Å². The van der Waals surface area contributed by atoms with Crippen LogP contribution < -0.4 is 4.74 Å². The number of ether oxygens (including phenoxy) is 1. The Hall–Kier alpha value is -2.60. The number of hydrogen-bond acceptors (Lipinski definition) is 3. The standard InChI is InChI=1S/C21H22BrN3O2/c1-24(12-11-15-9-10-20(27-3)17(22)13-15)21(26)19-14-18(23-25(19)2)16-7-5-4-6-8-16/h4-10,13-14H,11-12H2,1-3H3. The van der Waals surface area contributed by atoms with Crippen LogP contribution in [0.3, 0.4) is 0 Å². The largest absolute Gasteiger partial charge is 0.496 e. The van der Waals surface area contributed by atoms with Crippen LogP contribution in [0.4, 0.5) is 0 Å². The fourth-order valence-corrected chi connectivity index (χ4v) is 3.46. The lowest BCUT2D eigenvalue weighted by molar-refractivity contribution is 0.0786. The fraction of sp³-hybridized carbons (Fsp3) is 0.238. The van der Waals surface area contributed by atoms with E-state index in [1.165, 1.54) is 0 Å². The van der Waals surface area contributed by atoms with E-state index in [1.807, 2.05) is 61.6 Å². The highest BCUT2D eigenvalue weighted by Gasteiger charge is 2.18. The molecule has 0 aliphatic carbocycles. The molecule has 3 aromatic rings. The first-order valence-electron chi connectivity index (χ1n) is 8.67. The Balaban J connectivity index is 1.69. The highest BCUT2D eigenvalue weighted by molar-refractivity contribution is 9.10. The molecule has 6 heteroatoms. The van der Waals surface area contributed by atoms with Crippen molar-refractivity contribution in [1.29, 1.82) is 0 Å². The van der Waals surface area contributed by atoms with Crippen molar-refractivity contribution in [2.24, 2.45) is 7.05 Å². The summed E-state index contributed by atoms with van der Waals surface area (Å²) < 4.78 is 7.81. The second-order valence-corrected chi connectivity index (χ2v) is 7.20. The molecule has 0 bridgehead atoms. The molecular formula is C21H22BrN3O2. The zero-order valence-electron chi connectivity index (χ0n) is 15.6. The predicted octanol–water partition coefficient (Wildman–Crippen LogP) is 4.17. The number of halogens is 1. The maximum Gasteiger partial charge on any atom is 0.271 e. The van der Waals surface area contributed by atoms with E-state index in [-0.39, 0.29) is 5.91 Å². The summed E-state index contributed by atoms with van der Waals surface area (Å²) in [7, 11) is 5.26. The number of rotatable bonds is 6. The van der Waals surface area contributed by atoms with E-state index in [4.69, 9.17) is 4.74 Å². The molecule has 27 heavy (non-hydrogen) atoms. The number of aromatic nitrogens is 2. The Morgan fingerprint density at radius 3 is 2.59 bits per heavy atom. The van der Waals surface area contributed by atoms with E-state index in [9.17, 15) is 4.79 Å². The van der Waals surface area contributed by atoms with Crippen molar-refractivity contribution in [3.63, 3.8) is 0 Å².